The number of carbonyl (C=O) groups is 1. The van der Waals surface area contributed by atoms with E-state index in [9.17, 15) is 4.79 Å². The first-order valence-electron chi connectivity index (χ1n) is 5.13. The summed E-state index contributed by atoms with van der Waals surface area (Å²) in [4.78, 5) is 12.0. The van der Waals surface area contributed by atoms with Crippen LogP contribution in [0.25, 0.3) is 0 Å². The lowest BCUT2D eigenvalue weighted by Crippen LogP contribution is -2.10. The predicted molar refractivity (Wildman–Crippen MR) is 61.3 cm³/mol. The molecule has 1 aliphatic heterocycles. The number of hydrogen-bond acceptors (Lipinski definition) is 4. The Morgan fingerprint density at radius 3 is 3.06 bits per heavy atom. The minimum atomic E-state index is -0.351. The first-order valence-corrected chi connectivity index (χ1v) is 5.51. The SMILES string of the molecule is CC(CC#N)C(=O)c1cc(Cl)c2c(c1)OCO2. The predicted octanol–water partition coefficient (Wildman–Crippen LogP) is 2.80. The summed E-state index contributed by atoms with van der Waals surface area (Å²) in [7, 11) is 0. The molecule has 1 aromatic carbocycles. The van der Waals surface area contributed by atoms with Gasteiger partial charge in [0.15, 0.2) is 17.3 Å². The van der Waals surface area contributed by atoms with Crippen LogP contribution in [0.5, 0.6) is 11.5 Å². The molecule has 1 aliphatic rings. The number of carbonyl (C=O) groups excluding carboxylic acids is 1. The smallest absolute Gasteiger partial charge is 0.231 e. The number of nitriles is 1. The highest BCUT2D eigenvalue weighted by atomic mass is 35.5. The summed E-state index contributed by atoms with van der Waals surface area (Å²) in [5.41, 5.74) is 0.446. The Balaban J connectivity index is 2.32. The van der Waals surface area contributed by atoms with Crippen molar-refractivity contribution in [3.8, 4) is 17.6 Å². The maximum Gasteiger partial charge on any atom is 0.231 e. The zero-order chi connectivity index (χ0) is 12.4. The van der Waals surface area contributed by atoms with Gasteiger partial charge in [0.1, 0.15) is 0 Å². The van der Waals surface area contributed by atoms with Gasteiger partial charge in [-0.15, -0.1) is 0 Å². The third-order valence-corrected chi connectivity index (χ3v) is 2.84. The molecular weight excluding hydrogens is 242 g/mol. The van der Waals surface area contributed by atoms with Crippen LogP contribution in [0.2, 0.25) is 5.02 Å². The average molecular weight is 252 g/mol. The number of ether oxygens (including phenoxy) is 2. The molecule has 88 valence electrons. The minimum absolute atomic E-state index is 0.112. The molecule has 17 heavy (non-hydrogen) atoms. The largest absolute Gasteiger partial charge is 0.454 e. The summed E-state index contributed by atoms with van der Waals surface area (Å²) in [6, 6.07) is 5.12. The van der Waals surface area contributed by atoms with Gasteiger partial charge in [-0.1, -0.05) is 18.5 Å². The molecule has 0 radical (unpaired) electrons. The van der Waals surface area contributed by atoms with E-state index in [1.165, 1.54) is 0 Å². The van der Waals surface area contributed by atoms with Gasteiger partial charge in [-0.05, 0) is 12.1 Å². The molecule has 1 unspecified atom stereocenters. The topological polar surface area (TPSA) is 59.3 Å². The number of fused-ring (bicyclic) bond motifs is 1. The van der Waals surface area contributed by atoms with Crippen LogP contribution in [0.1, 0.15) is 23.7 Å². The van der Waals surface area contributed by atoms with Crippen LogP contribution in [0.4, 0.5) is 0 Å². The number of nitrogens with zero attached hydrogens (tertiary/aromatic N) is 1. The van der Waals surface area contributed by atoms with E-state index in [1.807, 2.05) is 6.07 Å². The van der Waals surface area contributed by atoms with Crippen LogP contribution in [0.15, 0.2) is 12.1 Å². The number of hydrogen-bond donors (Lipinski definition) is 0. The van der Waals surface area contributed by atoms with E-state index in [0.717, 1.165) is 0 Å². The Kier molecular flexibility index (Phi) is 3.21. The van der Waals surface area contributed by atoms with Gasteiger partial charge < -0.3 is 9.47 Å². The molecule has 0 N–H and O–H groups in total. The molecule has 2 rings (SSSR count). The molecular formula is C12H10ClNO3. The molecule has 1 atom stereocenters. The standard InChI is InChI=1S/C12H10ClNO3/c1-7(2-3-14)11(15)8-4-9(13)12-10(5-8)16-6-17-12/h4-5,7H,2,6H2,1H3. The third kappa shape index (κ3) is 2.20. The second-order valence-electron chi connectivity index (χ2n) is 3.82. The van der Waals surface area contributed by atoms with Gasteiger partial charge in [0.25, 0.3) is 0 Å². The van der Waals surface area contributed by atoms with Gasteiger partial charge in [0, 0.05) is 17.9 Å². The fourth-order valence-corrected chi connectivity index (χ4v) is 1.89. The zero-order valence-electron chi connectivity index (χ0n) is 9.20. The van der Waals surface area contributed by atoms with Crippen LogP contribution in [0, 0.1) is 17.2 Å². The van der Waals surface area contributed by atoms with E-state index < -0.39 is 0 Å². The summed E-state index contributed by atoms with van der Waals surface area (Å²) in [5.74, 6) is 0.476. The van der Waals surface area contributed by atoms with Crippen molar-refractivity contribution in [3.05, 3.63) is 22.7 Å². The number of ketones is 1. The van der Waals surface area contributed by atoms with Crippen molar-refractivity contribution >= 4 is 17.4 Å². The van der Waals surface area contributed by atoms with Crippen LogP contribution in [0.3, 0.4) is 0 Å². The van der Waals surface area contributed by atoms with Gasteiger partial charge >= 0.3 is 0 Å². The van der Waals surface area contributed by atoms with Crippen molar-refractivity contribution in [1.29, 1.82) is 5.26 Å². The molecule has 0 fully saturated rings. The van der Waals surface area contributed by atoms with E-state index >= 15 is 0 Å². The quantitative estimate of drug-likeness (QED) is 0.775. The van der Waals surface area contributed by atoms with Crippen molar-refractivity contribution in [3.63, 3.8) is 0 Å². The molecule has 1 heterocycles. The summed E-state index contributed by atoms with van der Waals surface area (Å²) >= 11 is 5.98. The van der Waals surface area contributed by atoms with Crippen molar-refractivity contribution in [2.24, 2.45) is 5.92 Å². The summed E-state index contributed by atoms with van der Waals surface area (Å²) < 4.78 is 10.3. The average Bonchev–Trinajstić information content (AvgIpc) is 2.77. The second kappa shape index (κ2) is 4.64. The normalized spacial score (nSPS) is 14.2. The van der Waals surface area contributed by atoms with Crippen molar-refractivity contribution in [2.45, 2.75) is 13.3 Å². The molecule has 4 nitrogen and oxygen atoms in total. The molecule has 0 amide bonds. The lowest BCUT2D eigenvalue weighted by Gasteiger charge is -2.08. The molecule has 0 saturated heterocycles. The Hall–Kier alpha value is -1.73. The highest BCUT2D eigenvalue weighted by Crippen LogP contribution is 2.40. The van der Waals surface area contributed by atoms with Crippen LogP contribution >= 0.6 is 11.6 Å². The molecule has 0 aromatic heterocycles. The number of Topliss-reactive ketones (excluding diaryl/α,β-unsaturated/α-hetero) is 1. The highest BCUT2D eigenvalue weighted by molar-refractivity contribution is 6.32. The highest BCUT2D eigenvalue weighted by Gasteiger charge is 2.22. The third-order valence-electron chi connectivity index (χ3n) is 2.56. The van der Waals surface area contributed by atoms with E-state index in [0.29, 0.717) is 22.1 Å². The van der Waals surface area contributed by atoms with E-state index in [-0.39, 0.29) is 24.9 Å². The lowest BCUT2D eigenvalue weighted by molar-refractivity contribution is 0.0931. The Bertz CT molecular complexity index is 507. The lowest BCUT2D eigenvalue weighted by atomic mass is 9.97. The van der Waals surface area contributed by atoms with Gasteiger partial charge in [-0.3, -0.25) is 4.79 Å². The van der Waals surface area contributed by atoms with Crippen LogP contribution < -0.4 is 9.47 Å². The van der Waals surface area contributed by atoms with Crippen molar-refractivity contribution < 1.29 is 14.3 Å². The van der Waals surface area contributed by atoms with Crippen molar-refractivity contribution in [1.82, 2.24) is 0 Å². The molecule has 0 saturated carbocycles. The van der Waals surface area contributed by atoms with E-state index in [2.05, 4.69) is 0 Å². The molecule has 5 heteroatoms. The Morgan fingerprint density at radius 2 is 2.35 bits per heavy atom. The first kappa shape index (κ1) is 11.7. The maximum absolute atomic E-state index is 12.0. The number of rotatable bonds is 3. The van der Waals surface area contributed by atoms with Gasteiger partial charge in [-0.2, -0.15) is 5.26 Å². The van der Waals surface area contributed by atoms with E-state index in [1.54, 1.807) is 19.1 Å². The van der Waals surface area contributed by atoms with Gasteiger partial charge in [0.2, 0.25) is 6.79 Å². The Labute approximate surface area is 104 Å². The zero-order valence-corrected chi connectivity index (χ0v) is 9.95. The van der Waals surface area contributed by atoms with E-state index in [4.69, 9.17) is 26.3 Å². The van der Waals surface area contributed by atoms with Crippen molar-refractivity contribution in [2.75, 3.05) is 6.79 Å². The van der Waals surface area contributed by atoms with Gasteiger partial charge in [0.05, 0.1) is 11.1 Å². The van der Waals surface area contributed by atoms with Crippen LogP contribution in [-0.4, -0.2) is 12.6 Å². The summed E-state index contributed by atoms with van der Waals surface area (Å²) in [6.45, 7) is 1.82. The Morgan fingerprint density at radius 1 is 1.59 bits per heavy atom. The summed E-state index contributed by atoms with van der Waals surface area (Å²) in [5, 5.41) is 8.92. The molecule has 1 aromatic rings. The number of benzene rings is 1. The second-order valence-corrected chi connectivity index (χ2v) is 4.23. The number of halogens is 1. The first-order chi connectivity index (χ1) is 8.13. The maximum atomic E-state index is 12.0. The molecule has 0 bridgehead atoms. The van der Waals surface area contributed by atoms with Crippen LogP contribution in [-0.2, 0) is 0 Å². The monoisotopic (exact) mass is 251 g/mol. The summed E-state index contributed by atoms with van der Waals surface area (Å²) in [6.07, 6.45) is 0.185. The fourth-order valence-electron chi connectivity index (χ4n) is 1.62. The molecule has 0 spiro atoms. The minimum Gasteiger partial charge on any atom is -0.454 e. The van der Waals surface area contributed by atoms with Gasteiger partial charge in [-0.25, -0.2) is 0 Å². The molecule has 0 aliphatic carbocycles. The fraction of sp³-hybridized carbons (Fsp3) is 0.333.